The van der Waals surface area contributed by atoms with E-state index < -0.39 is 12.5 Å². The van der Waals surface area contributed by atoms with Crippen LogP contribution in [0.25, 0.3) is 11.3 Å². The summed E-state index contributed by atoms with van der Waals surface area (Å²) in [4.78, 5) is 15.0. The average molecular weight is 526 g/mol. The molecule has 3 heterocycles. The zero-order valence-corrected chi connectivity index (χ0v) is 22.0. The summed E-state index contributed by atoms with van der Waals surface area (Å²) < 4.78 is 40.5. The number of hydrogen-bond donors (Lipinski definition) is 2. The maximum Gasteiger partial charge on any atom is 0.260 e. The molecule has 1 saturated heterocycles. The van der Waals surface area contributed by atoms with E-state index in [-0.39, 0.29) is 24.4 Å². The zero-order chi connectivity index (χ0) is 27.0. The third-order valence-corrected chi connectivity index (χ3v) is 7.46. The Balaban J connectivity index is 1.43. The van der Waals surface area contributed by atoms with Crippen LogP contribution in [0.5, 0.6) is 11.5 Å². The van der Waals surface area contributed by atoms with Gasteiger partial charge in [0.05, 0.1) is 26.0 Å². The maximum atomic E-state index is 14.2. The molecule has 2 unspecified atom stereocenters. The quantitative estimate of drug-likeness (QED) is 0.487. The number of nitrogens with zero attached hydrogens (tertiary/aromatic N) is 3. The molecular formula is C28H33F2N5O3. The number of rotatable bonds is 6. The first-order valence-corrected chi connectivity index (χ1v) is 12.8. The van der Waals surface area contributed by atoms with Gasteiger partial charge in [0.25, 0.3) is 12.3 Å². The molecule has 0 radical (unpaired) electrons. The fraction of sp³-hybridized carbons (Fsp3) is 0.429. The molecule has 202 valence electrons. The van der Waals surface area contributed by atoms with E-state index in [1.165, 1.54) is 4.68 Å². The van der Waals surface area contributed by atoms with E-state index in [4.69, 9.17) is 9.47 Å². The SMILES string of the molecule is COc1ccc(C2CC(C(F)F)n3nc(-c4ccc(C(=O)N5CCNC[C@H]5C)cc4C)cc3N2)cc1OC. The molecule has 8 nitrogen and oxygen atoms in total. The zero-order valence-electron chi connectivity index (χ0n) is 22.0. The van der Waals surface area contributed by atoms with Gasteiger partial charge in [-0.2, -0.15) is 5.10 Å². The molecule has 0 spiro atoms. The first-order valence-electron chi connectivity index (χ1n) is 12.8. The fourth-order valence-electron chi connectivity index (χ4n) is 5.36. The minimum atomic E-state index is -2.59. The van der Waals surface area contributed by atoms with Crippen molar-refractivity contribution in [3.8, 4) is 22.8 Å². The number of methoxy groups -OCH3 is 2. The summed E-state index contributed by atoms with van der Waals surface area (Å²) in [5.41, 5.74) is 3.68. The number of aromatic nitrogens is 2. The second-order valence-corrected chi connectivity index (χ2v) is 9.89. The highest BCUT2D eigenvalue weighted by atomic mass is 19.3. The molecule has 0 aliphatic carbocycles. The number of nitrogens with one attached hydrogen (secondary N) is 2. The van der Waals surface area contributed by atoms with Gasteiger partial charge in [-0.3, -0.25) is 4.79 Å². The molecule has 3 aromatic rings. The molecular weight excluding hydrogens is 492 g/mol. The topological polar surface area (TPSA) is 80.7 Å². The van der Waals surface area contributed by atoms with E-state index in [1.54, 1.807) is 32.4 Å². The Morgan fingerprint density at radius 2 is 1.89 bits per heavy atom. The Bertz CT molecular complexity index is 1330. The first-order chi connectivity index (χ1) is 18.3. The van der Waals surface area contributed by atoms with Crippen molar-refractivity contribution in [3.63, 3.8) is 0 Å². The van der Waals surface area contributed by atoms with E-state index in [1.807, 2.05) is 43.0 Å². The van der Waals surface area contributed by atoms with Crippen LogP contribution < -0.4 is 20.1 Å². The fourth-order valence-corrected chi connectivity index (χ4v) is 5.36. The number of hydrogen-bond acceptors (Lipinski definition) is 6. The molecule has 3 atom stereocenters. The van der Waals surface area contributed by atoms with Crippen molar-refractivity contribution in [2.24, 2.45) is 0 Å². The Morgan fingerprint density at radius 1 is 1.11 bits per heavy atom. The van der Waals surface area contributed by atoms with Crippen LogP contribution in [0, 0.1) is 6.92 Å². The smallest absolute Gasteiger partial charge is 0.260 e. The third kappa shape index (κ3) is 4.80. The van der Waals surface area contributed by atoms with Gasteiger partial charge in [0.1, 0.15) is 11.9 Å². The summed E-state index contributed by atoms with van der Waals surface area (Å²) in [6, 6.07) is 11.4. The van der Waals surface area contributed by atoms with Crippen LogP contribution in [0.15, 0.2) is 42.5 Å². The molecule has 1 amide bonds. The summed E-state index contributed by atoms with van der Waals surface area (Å²) >= 11 is 0. The lowest BCUT2D eigenvalue weighted by Gasteiger charge is -2.34. The van der Waals surface area contributed by atoms with Gasteiger partial charge in [0.2, 0.25) is 0 Å². The average Bonchev–Trinajstić information content (AvgIpc) is 3.35. The maximum absolute atomic E-state index is 14.2. The monoisotopic (exact) mass is 525 g/mol. The van der Waals surface area contributed by atoms with Gasteiger partial charge in [0.15, 0.2) is 11.5 Å². The number of anilines is 1. The Morgan fingerprint density at radius 3 is 2.58 bits per heavy atom. The van der Waals surface area contributed by atoms with Gasteiger partial charge in [-0.1, -0.05) is 12.1 Å². The number of carbonyl (C=O) groups excluding carboxylic acids is 1. The number of amides is 1. The number of aryl methyl sites for hydroxylation is 1. The predicted octanol–water partition coefficient (Wildman–Crippen LogP) is 4.67. The minimum absolute atomic E-state index is 0.00465. The number of benzene rings is 2. The standard InChI is InChI=1S/C28H33F2N5O3/c1-16-11-19(28(36)34-10-9-31-15-17(34)2)5-7-20(16)22-14-26-32-21(13-23(27(29)30)35(26)33-22)18-6-8-24(37-3)25(12-18)38-4/h5-8,11-12,14,17,21,23,27,31-32H,9-10,13,15H2,1-4H3/t17-,21?,23?/m1/s1. The van der Waals surface area contributed by atoms with E-state index >= 15 is 0 Å². The highest BCUT2D eigenvalue weighted by Gasteiger charge is 2.35. The van der Waals surface area contributed by atoms with Crippen molar-refractivity contribution in [1.29, 1.82) is 0 Å². The van der Waals surface area contributed by atoms with Crippen LogP contribution in [0.4, 0.5) is 14.6 Å². The summed E-state index contributed by atoms with van der Waals surface area (Å²) in [6.45, 7) is 6.15. The van der Waals surface area contributed by atoms with Gasteiger partial charge < -0.3 is 25.0 Å². The molecule has 1 fully saturated rings. The number of alkyl halides is 2. The molecule has 2 aromatic carbocycles. The van der Waals surface area contributed by atoms with Crippen molar-refractivity contribution in [2.45, 2.75) is 44.8 Å². The molecule has 0 bridgehead atoms. The predicted molar refractivity (Wildman–Crippen MR) is 141 cm³/mol. The summed E-state index contributed by atoms with van der Waals surface area (Å²) in [6.07, 6.45) is -2.43. The molecule has 2 aliphatic rings. The van der Waals surface area contributed by atoms with Crippen LogP contribution in [-0.2, 0) is 0 Å². The van der Waals surface area contributed by atoms with Crippen LogP contribution >= 0.6 is 0 Å². The second kappa shape index (κ2) is 10.6. The number of halogens is 2. The largest absolute Gasteiger partial charge is 0.493 e. The van der Waals surface area contributed by atoms with Gasteiger partial charge in [-0.25, -0.2) is 13.5 Å². The summed E-state index contributed by atoms with van der Waals surface area (Å²) in [7, 11) is 3.10. The lowest BCUT2D eigenvalue weighted by molar-refractivity contribution is 0.0652. The van der Waals surface area contributed by atoms with Gasteiger partial charge >= 0.3 is 0 Å². The minimum Gasteiger partial charge on any atom is -0.493 e. The third-order valence-electron chi connectivity index (χ3n) is 7.46. The van der Waals surface area contributed by atoms with Crippen LogP contribution in [0.1, 0.15) is 46.9 Å². The molecule has 5 rings (SSSR count). The Labute approximate surface area is 220 Å². The second-order valence-electron chi connectivity index (χ2n) is 9.89. The lowest BCUT2D eigenvalue weighted by Crippen LogP contribution is -2.52. The van der Waals surface area contributed by atoms with E-state index in [9.17, 15) is 13.6 Å². The Hall–Kier alpha value is -3.66. The van der Waals surface area contributed by atoms with Gasteiger partial charge in [-0.05, 0) is 55.7 Å². The summed E-state index contributed by atoms with van der Waals surface area (Å²) in [5, 5.41) is 11.3. The first kappa shape index (κ1) is 26.0. The molecule has 10 heteroatoms. The number of fused-ring (bicyclic) bond motifs is 1. The van der Waals surface area contributed by atoms with Crippen molar-refractivity contribution < 1.29 is 23.0 Å². The highest BCUT2D eigenvalue weighted by molar-refractivity contribution is 5.95. The van der Waals surface area contributed by atoms with E-state index in [0.29, 0.717) is 35.1 Å². The molecule has 2 aliphatic heterocycles. The molecule has 38 heavy (non-hydrogen) atoms. The molecule has 1 aromatic heterocycles. The van der Waals surface area contributed by atoms with Crippen molar-refractivity contribution >= 4 is 11.7 Å². The van der Waals surface area contributed by atoms with E-state index in [2.05, 4.69) is 15.7 Å². The van der Waals surface area contributed by atoms with Crippen molar-refractivity contribution in [1.82, 2.24) is 20.0 Å². The van der Waals surface area contributed by atoms with Crippen LogP contribution in [-0.4, -0.2) is 66.9 Å². The van der Waals surface area contributed by atoms with Crippen molar-refractivity contribution in [2.75, 3.05) is 39.2 Å². The Kier molecular flexibility index (Phi) is 7.25. The van der Waals surface area contributed by atoms with Gasteiger partial charge in [0, 0.05) is 42.9 Å². The van der Waals surface area contributed by atoms with Gasteiger partial charge in [-0.15, -0.1) is 0 Å². The highest BCUT2D eigenvalue weighted by Crippen LogP contribution is 2.41. The number of carbonyl (C=O) groups is 1. The van der Waals surface area contributed by atoms with Crippen molar-refractivity contribution in [3.05, 3.63) is 59.2 Å². The summed E-state index contributed by atoms with van der Waals surface area (Å²) in [5.74, 6) is 1.63. The molecule has 2 N–H and O–H groups in total. The van der Waals surface area contributed by atoms with E-state index in [0.717, 1.165) is 29.8 Å². The number of ether oxygens (including phenoxy) is 2. The van der Waals surface area contributed by atoms with Crippen LogP contribution in [0.3, 0.4) is 0 Å². The normalized spacial score (nSPS) is 21.1. The van der Waals surface area contributed by atoms with Crippen LogP contribution in [0.2, 0.25) is 0 Å². The number of piperazine rings is 1. The lowest BCUT2D eigenvalue weighted by atomic mass is 9.97. The molecule has 0 saturated carbocycles.